The van der Waals surface area contributed by atoms with Crippen molar-refractivity contribution in [3.8, 4) is 11.1 Å². The molecule has 0 saturated heterocycles. The Morgan fingerprint density at radius 1 is 0.939 bits per heavy atom. The van der Waals surface area contributed by atoms with E-state index in [-0.39, 0.29) is 5.82 Å². The molecule has 164 valence electrons. The average molecular weight is 437 g/mol. The lowest BCUT2D eigenvalue weighted by Crippen LogP contribution is -2.03. The highest BCUT2D eigenvalue weighted by atomic mass is 19.1. The third-order valence-electron chi connectivity index (χ3n) is 5.44. The maximum atomic E-state index is 13.1. The second-order valence-electron chi connectivity index (χ2n) is 7.96. The number of hydrogen-bond acceptors (Lipinski definition) is 4. The number of benzene rings is 2. The molecule has 0 bridgehead atoms. The van der Waals surface area contributed by atoms with Gasteiger partial charge in [-0.15, -0.1) is 0 Å². The van der Waals surface area contributed by atoms with Gasteiger partial charge in [0.2, 0.25) is 0 Å². The van der Waals surface area contributed by atoms with Crippen LogP contribution < -0.4 is 11.1 Å². The van der Waals surface area contributed by atoms with Crippen LogP contribution in [0, 0.1) is 12.7 Å². The predicted octanol–water partition coefficient (Wildman–Crippen LogP) is 6.40. The van der Waals surface area contributed by atoms with Crippen molar-refractivity contribution in [2.45, 2.75) is 13.3 Å². The standard InChI is InChI=1S/C28H25FN4/c1-18-4-7-22(23-13-25(30)16-31-15-23)14-28(18)19(2)20(3)33-27-11-10-26(32-17-27)12-21-5-8-24(29)9-6-21/h4-11,13-17,33H,2-3,12,30H2,1H3. The smallest absolute Gasteiger partial charge is 0.123 e. The molecule has 2 aromatic heterocycles. The van der Waals surface area contributed by atoms with E-state index < -0.39 is 0 Å². The molecule has 2 aromatic carbocycles. The van der Waals surface area contributed by atoms with Crippen molar-refractivity contribution in [3.63, 3.8) is 0 Å². The molecular formula is C28H25FN4. The number of nitrogens with two attached hydrogens (primary N) is 1. The van der Waals surface area contributed by atoms with Gasteiger partial charge in [-0.3, -0.25) is 9.97 Å². The van der Waals surface area contributed by atoms with E-state index in [0.29, 0.717) is 17.8 Å². The van der Waals surface area contributed by atoms with Crippen molar-refractivity contribution in [1.29, 1.82) is 0 Å². The van der Waals surface area contributed by atoms with Gasteiger partial charge in [0.15, 0.2) is 0 Å². The van der Waals surface area contributed by atoms with Crippen LogP contribution in [0.4, 0.5) is 15.8 Å². The fraction of sp³-hybridized carbons (Fsp3) is 0.0714. The van der Waals surface area contributed by atoms with E-state index in [2.05, 4.69) is 40.6 Å². The molecule has 0 fully saturated rings. The molecule has 0 saturated carbocycles. The summed E-state index contributed by atoms with van der Waals surface area (Å²) in [4.78, 5) is 8.70. The van der Waals surface area contributed by atoms with E-state index in [0.717, 1.165) is 44.8 Å². The van der Waals surface area contributed by atoms with E-state index in [4.69, 9.17) is 5.73 Å². The molecule has 4 aromatic rings. The number of aromatic nitrogens is 2. The van der Waals surface area contributed by atoms with Gasteiger partial charge in [0, 0.05) is 35.8 Å². The Bertz CT molecular complexity index is 1310. The van der Waals surface area contributed by atoms with Crippen molar-refractivity contribution in [3.05, 3.63) is 126 Å². The first-order valence-electron chi connectivity index (χ1n) is 10.6. The third kappa shape index (κ3) is 5.33. The minimum absolute atomic E-state index is 0.240. The van der Waals surface area contributed by atoms with Crippen LogP contribution in [-0.2, 0) is 6.42 Å². The van der Waals surface area contributed by atoms with Crippen LogP contribution in [0.2, 0.25) is 0 Å². The summed E-state index contributed by atoms with van der Waals surface area (Å²) in [6, 6.07) is 18.4. The van der Waals surface area contributed by atoms with E-state index in [1.807, 2.05) is 31.2 Å². The summed E-state index contributed by atoms with van der Waals surface area (Å²) in [7, 11) is 0. The minimum atomic E-state index is -0.240. The Labute approximate surface area is 193 Å². The van der Waals surface area contributed by atoms with Crippen LogP contribution in [-0.4, -0.2) is 9.97 Å². The van der Waals surface area contributed by atoms with Crippen molar-refractivity contribution < 1.29 is 4.39 Å². The molecule has 4 nitrogen and oxygen atoms in total. The summed E-state index contributed by atoms with van der Waals surface area (Å²) < 4.78 is 13.1. The van der Waals surface area contributed by atoms with Crippen LogP contribution in [0.15, 0.2) is 98.1 Å². The SMILES string of the molecule is C=C(Nc1ccc(Cc2ccc(F)cc2)nc1)C(=C)c1cc(-c2cncc(N)c2)ccc1C. The van der Waals surface area contributed by atoms with E-state index >= 15 is 0 Å². The van der Waals surface area contributed by atoms with Gasteiger partial charge in [0.25, 0.3) is 0 Å². The number of aryl methyl sites for hydroxylation is 1. The van der Waals surface area contributed by atoms with Crippen molar-refractivity contribution in [2.24, 2.45) is 0 Å². The van der Waals surface area contributed by atoms with Crippen LogP contribution >= 0.6 is 0 Å². The first-order valence-corrected chi connectivity index (χ1v) is 10.6. The number of hydrogen-bond donors (Lipinski definition) is 2. The predicted molar refractivity (Wildman–Crippen MR) is 134 cm³/mol. The monoisotopic (exact) mass is 436 g/mol. The number of anilines is 2. The molecule has 0 aliphatic carbocycles. The topological polar surface area (TPSA) is 63.8 Å². The van der Waals surface area contributed by atoms with Crippen LogP contribution in [0.25, 0.3) is 16.7 Å². The van der Waals surface area contributed by atoms with Crippen LogP contribution in [0.3, 0.4) is 0 Å². The summed E-state index contributed by atoms with van der Waals surface area (Å²) in [5.74, 6) is -0.240. The zero-order valence-electron chi connectivity index (χ0n) is 18.5. The number of halogens is 1. The molecule has 0 spiro atoms. The fourth-order valence-corrected chi connectivity index (χ4v) is 3.57. The number of pyridine rings is 2. The quantitative estimate of drug-likeness (QED) is 0.329. The summed E-state index contributed by atoms with van der Waals surface area (Å²) in [5, 5.41) is 3.30. The fourth-order valence-electron chi connectivity index (χ4n) is 3.57. The van der Waals surface area contributed by atoms with Gasteiger partial charge in [0.05, 0.1) is 17.6 Å². The van der Waals surface area contributed by atoms with Crippen LogP contribution in [0.5, 0.6) is 0 Å². The second-order valence-corrected chi connectivity index (χ2v) is 7.96. The molecule has 5 heteroatoms. The minimum Gasteiger partial charge on any atom is -0.397 e. The molecule has 0 aliphatic heterocycles. The third-order valence-corrected chi connectivity index (χ3v) is 5.44. The summed E-state index contributed by atoms with van der Waals surface area (Å²) in [6.45, 7) is 10.5. The molecule has 0 radical (unpaired) electrons. The number of rotatable bonds is 7. The Morgan fingerprint density at radius 2 is 1.73 bits per heavy atom. The van der Waals surface area contributed by atoms with Gasteiger partial charge in [-0.05, 0) is 71.1 Å². The van der Waals surface area contributed by atoms with Crippen LogP contribution in [0.1, 0.15) is 22.4 Å². The highest BCUT2D eigenvalue weighted by molar-refractivity contribution is 5.84. The second kappa shape index (κ2) is 9.49. The van der Waals surface area contributed by atoms with Crippen molar-refractivity contribution in [2.75, 3.05) is 11.1 Å². The van der Waals surface area contributed by atoms with Gasteiger partial charge < -0.3 is 11.1 Å². The summed E-state index contributed by atoms with van der Waals surface area (Å²) in [6.07, 6.45) is 5.82. The van der Waals surface area contributed by atoms with Gasteiger partial charge in [0.1, 0.15) is 5.82 Å². The molecule has 0 atom stereocenters. The highest BCUT2D eigenvalue weighted by Crippen LogP contribution is 2.30. The molecule has 0 amide bonds. The highest BCUT2D eigenvalue weighted by Gasteiger charge is 2.10. The van der Waals surface area contributed by atoms with E-state index in [9.17, 15) is 4.39 Å². The number of nitrogen functional groups attached to an aromatic ring is 1. The normalized spacial score (nSPS) is 10.6. The summed E-state index contributed by atoms with van der Waals surface area (Å²) in [5.41, 5.74) is 14.8. The molecule has 4 rings (SSSR count). The Kier molecular flexibility index (Phi) is 6.31. The lowest BCUT2D eigenvalue weighted by molar-refractivity contribution is 0.627. The van der Waals surface area contributed by atoms with Crippen molar-refractivity contribution in [1.82, 2.24) is 9.97 Å². The zero-order chi connectivity index (χ0) is 23.4. The Balaban J connectivity index is 1.47. The van der Waals surface area contributed by atoms with E-state index in [1.54, 1.807) is 30.7 Å². The molecule has 0 unspecified atom stereocenters. The maximum absolute atomic E-state index is 13.1. The zero-order valence-corrected chi connectivity index (χ0v) is 18.5. The number of nitrogens with one attached hydrogen (secondary N) is 1. The Hall–Kier alpha value is -4.25. The molecule has 2 heterocycles. The Morgan fingerprint density at radius 3 is 2.42 bits per heavy atom. The first-order chi connectivity index (χ1) is 15.9. The lowest BCUT2D eigenvalue weighted by atomic mass is 9.95. The first kappa shape index (κ1) is 22.0. The van der Waals surface area contributed by atoms with E-state index in [1.165, 1.54) is 12.1 Å². The summed E-state index contributed by atoms with van der Waals surface area (Å²) >= 11 is 0. The molecule has 33 heavy (non-hydrogen) atoms. The maximum Gasteiger partial charge on any atom is 0.123 e. The molecule has 0 aliphatic rings. The molecule has 3 N–H and O–H groups in total. The van der Waals surface area contributed by atoms with Gasteiger partial charge in [-0.1, -0.05) is 37.4 Å². The number of nitrogens with zero attached hydrogens (tertiary/aromatic N) is 2. The average Bonchev–Trinajstić information content (AvgIpc) is 2.81. The molecular weight excluding hydrogens is 411 g/mol. The van der Waals surface area contributed by atoms with Gasteiger partial charge in [-0.2, -0.15) is 0 Å². The van der Waals surface area contributed by atoms with Gasteiger partial charge >= 0.3 is 0 Å². The number of allylic oxidation sites excluding steroid dienone is 1. The van der Waals surface area contributed by atoms with Gasteiger partial charge in [-0.25, -0.2) is 4.39 Å². The largest absolute Gasteiger partial charge is 0.397 e. The lowest BCUT2D eigenvalue weighted by Gasteiger charge is -2.16. The van der Waals surface area contributed by atoms with Crippen molar-refractivity contribution >= 4 is 16.9 Å².